The molecule has 0 spiro atoms. The monoisotopic (exact) mass is 439 g/mol. The Hall–Kier alpha value is -1.44. The molecule has 1 fully saturated rings. The van der Waals surface area contributed by atoms with E-state index in [1.807, 2.05) is 0 Å². The third-order valence-corrected chi connectivity index (χ3v) is 6.59. The second-order valence-corrected chi connectivity index (χ2v) is 8.79. The van der Waals surface area contributed by atoms with Crippen LogP contribution in [0.5, 0.6) is 0 Å². The van der Waals surface area contributed by atoms with E-state index in [2.05, 4.69) is 15.0 Å². The molecule has 1 unspecified atom stereocenters. The van der Waals surface area contributed by atoms with Gasteiger partial charge in [-0.15, -0.1) is 0 Å². The molecule has 0 bridgehead atoms. The zero-order chi connectivity index (χ0) is 19.1. The largest absolute Gasteiger partial charge is 0.610 e. The van der Waals surface area contributed by atoms with Crippen LogP contribution >= 0.6 is 34.8 Å². The summed E-state index contributed by atoms with van der Waals surface area (Å²) in [6, 6.07) is 3.19. The molecular formula is C18H12Cl3N3O2S. The molecule has 1 atom stereocenters. The number of nitrogens with zero attached hydrogens (tertiary/aromatic N) is 3. The number of rotatable bonds is 5. The number of pyridine rings is 1. The predicted octanol–water partition coefficient (Wildman–Crippen LogP) is 4.89. The number of ketones is 1. The van der Waals surface area contributed by atoms with E-state index in [9.17, 15) is 9.35 Å². The first-order valence-electron chi connectivity index (χ1n) is 8.11. The van der Waals surface area contributed by atoms with Crippen LogP contribution in [0.15, 0.2) is 35.9 Å². The molecule has 5 nitrogen and oxygen atoms in total. The van der Waals surface area contributed by atoms with E-state index >= 15 is 0 Å². The number of halogens is 3. The Labute approximate surface area is 173 Å². The van der Waals surface area contributed by atoms with Gasteiger partial charge in [-0.05, 0) is 25.0 Å². The Kier molecular flexibility index (Phi) is 5.27. The van der Waals surface area contributed by atoms with Crippen molar-refractivity contribution >= 4 is 62.7 Å². The number of hydrogen-bond donors (Lipinski definition) is 0. The zero-order valence-electron chi connectivity index (χ0n) is 13.8. The van der Waals surface area contributed by atoms with E-state index < -0.39 is 11.2 Å². The predicted molar refractivity (Wildman–Crippen MR) is 106 cm³/mol. The minimum Gasteiger partial charge on any atom is -0.610 e. The van der Waals surface area contributed by atoms with Crippen molar-refractivity contribution in [2.75, 3.05) is 0 Å². The molecule has 9 heteroatoms. The maximum absolute atomic E-state index is 13.1. The molecule has 1 aliphatic carbocycles. The molecule has 0 saturated heterocycles. The number of fused-ring (bicyclic) bond motifs is 1. The fourth-order valence-corrected chi connectivity index (χ4v) is 4.92. The van der Waals surface area contributed by atoms with Gasteiger partial charge < -0.3 is 4.55 Å². The first kappa shape index (κ1) is 18.9. The summed E-state index contributed by atoms with van der Waals surface area (Å²) in [4.78, 5) is 25.2. The zero-order valence-corrected chi connectivity index (χ0v) is 16.9. The van der Waals surface area contributed by atoms with Gasteiger partial charge in [0.15, 0.2) is 5.78 Å². The van der Waals surface area contributed by atoms with E-state index in [-0.39, 0.29) is 33.1 Å². The van der Waals surface area contributed by atoms with Crippen LogP contribution in [0.1, 0.15) is 28.8 Å². The van der Waals surface area contributed by atoms with Gasteiger partial charge in [0.05, 0.1) is 20.6 Å². The summed E-state index contributed by atoms with van der Waals surface area (Å²) in [6.07, 6.45) is 6.10. The van der Waals surface area contributed by atoms with E-state index in [4.69, 9.17) is 34.8 Å². The third-order valence-electron chi connectivity index (χ3n) is 4.27. The summed E-state index contributed by atoms with van der Waals surface area (Å²) in [5, 5.41) is 1.33. The lowest BCUT2D eigenvalue weighted by Gasteiger charge is -2.16. The SMILES string of the molecule is O=C(c1c([S+]([O-])Cc2cncnc2)nc2c(Cl)ccc(Cl)c2c1Cl)C1CC1. The maximum atomic E-state index is 13.1. The molecule has 1 saturated carbocycles. The van der Waals surface area contributed by atoms with Crippen LogP contribution in [0.25, 0.3) is 10.9 Å². The quantitative estimate of drug-likeness (QED) is 0.417. The van der Waals surface area contributed by atoms with Gasteiger partial charge in [-0.2, -0.15) is 4.98 Å². The van der Waals surface area contributed by atoms with E-state index in [0.29, 0.717) is 26.5 Å². The Morgan fingerprint density at radius 1 is 1.15 bits per heavy atom. The first-order chi connectivity index (χ1) is 13.0. The average molecular weight is 441 g/mol. The average Bonchev–Trinajstić information content (AvgIpc) is 3.50. The Balaban J connectivity index is 1.90. The van der Waals surface area contributed by atoms with Gasteiger partial charge in [-0.3, -0.25) is 4.79 Å². The van der Waals surface area contributed by atoms with Crippen LogP contribution in [0.3, 0.4) is 0 Å². The number of aromatic nitrogens is 3. The highest BCUT2D eigenvalue weighted by atomic mass is 35.5. The van der Waals surface area contributed by atoms with E-state index in [0.717, 1.165) is 12.8 Å². The Bertz CT molecular complexity index is 1050. The maximum Gasteiger partial charge on any atom is 0.257 e. The van der Waals surface area contributed by atoms with Gasteiger partial charge in [0.25, 0.3) is 5.03 Å². The molecule has 2 aromatic heterocycles. The minimum absolute atomic E-state index is 0.110. The molecule has 0 N–H and O–H groups in total. The van der Waals surface area contributed by atoms with Crippen LogP contribution in [0, 0.1) is 5.92 Å². The van der Waals surface area contributed by atoms with Gasteiger partial charge in [0.2, 0.25) is 0 Å². The Morgan fingerprint density at radius 2 is 1.81 bits per heavy atom. The normalized spacial score (nSPS) is 15.1. The Morgan fingerprint density at radius 3 is 2.48 bits per heavy atom. The fourth-order valence-electron chi connectivity index (χ4n) is 2.79. The summed E-state index contributed by atoms with van der Waals surface area (Å²) in [5.74, 6) is -0.160. The van der Waals surface area contributed by atoms with Crippen molar-refractivity contribution in [1.29, 1.82) is 0 Å². The molecule has 138 valence electrons. The summed E-state index contributed by atoms with van der Waals surface area (Å²) < 4.78 is 13.1. The standard InChI is InChI=1S/C18H12Cl3N3O2S/c19-11-3-4-12(20)16-13(11)15(21)14(17(25)10-1-2-10)18(24-16)27(26)7-9-5-22-8-23-6-9/h3-6,8,10H,1-2,7H2. The summed E-state index contributed by atoms with van der Waals surface area (Å²) >= 11 is 17.5. The highest BCUT2D eigenvalue weighted by Crippen LogP contribution is 2.42. The number of benzene rings is 1. The second kappa shape index (κ2) is 7.53. The number of carbonyl (C=O) groups excluding carboxylic acids is 1. The van der Waals surface area contributed by atoms with Gasteiger partial charge in [0, 0.05) is 40.4 Å². The lowest BCUT2D eigenvalue weighted by molar-refractivity contribution is 0.0964. The molecule has 0 aliphatic heterocycles. The molecule has 1 aromatic carbocycles. The van der Waals surface area contributed by atoms with Crippen molar-refractivity contribution in [3.63, 3.8) is 0 Å². The number of Topliss-reactive ketones (excluding diaryl/α,β-unsaturated/α-hetero) is 1. The molecule has 1 aliphatic rings. The van der Waals surface area contributed by atoms with E-state index in [1.54, 1.807) is 24.5 Å². The molecule has 3 aromatic rings. The van der Waals surface area contributed by atoms with Crippen molar-refractivity contribution in [3.05, 3.63) is 57.0 Å². The highest BCUT2D eigenvalue weighted by molar-refractivity contribution is 7.90. The summed E-state index contributed by atoms with van der Waals surface area (Å²) in [6.45, 7) is 0. The van der Waals surface area contributed by atoms with Crippen LogP contribution < -0.4 is 0 Å². The second-order valence-electron chi connectivity index (χ2n) is 6.23. The van der Waals surface area contributed by atoms with Crippen molar-refractivity contribution < 1.29 is 9.35 Å². The summed E-state index contributed by atoms with van der Waals surface area (Å²) in [5.41, 5.74) is 1.16. The van der Waals surface area contributed by atoms with Gasteiger partial charge in [-0.1, -0.05) is 34.8 Å². The lowest BCUT2D eigenvalue weighted by atomic mass is 10.1. The number of hydrogen-bond acceptors (Lipinski definition) is 5. The van der Waals surface area contributed by atoms with Crippen molar-refractivity contribution in [2.45, 2.75) is 23.6 Å². The van der Waals surface area contributed by atoms with Crippen molar-refractivity contribution in [3.8, 4) is 0 Å². The van der Waals surface area contributed by atoms with Gasteiger partial charge in [-0.25, -0.2) is 9.97 Å². The minimum atomic E-state index is -1.63. The molecule has 0 amide bonds. The molecule has 27 heavy (non-hydrogen) atoms. The molecule has 2 heterocycles. The topological polar surface area (TPSA) is 78.8 Å². The highest BCUT2D eigenvalue weighted by Gasteiger charge is 2.38. The van der Waals surface area contributed by atoms with Gasteiger partial charge >= 0.3 is 0 Å². The van der Waals surface area contributed by atoms with Crippen LogP contribution in [-0.2, 0) is 16.9 Å². The summed E-state index contributed by atoms with van der Waals surface area (Å²) in [7, 11) is 0. The third kappa shape index (κ3) is 3.65. The first-order valence-corrected chi connectivity index (χ1v) is 10.6. The number of carbonyl (C=O) groups is 1. The van der Waals surface area contributed by atoms with Crippen LogP contribution in [0.2, 0.25) is 15.1 Å². The fraction of sp³-hybridized carbons (Fsp3) is 0.222. The van der Waals surface area contributed by atoms with Crippen molar-refractivity contribution in [1.82, 2.24) is 15.0 Å². The molecular weight excluding hydrogens is 429 g/mol. The van der Waals surface area contributed by atoms with Crippen LogP contribution in [0.4, 0.5) is 0 Å². The molecule has 0 radical (unpaired) electrons. The van der Waals surface area contributed by atoms with Crippen LogP contribution in [-0.4, -0.2) is 25.3 Å². The smallest absolute Gasteiger partial charge is 0.257 e. The lowest BCUT2D eigenvalue weighted by Crippen LogP contribution is -2.16. The molecule has 4 rings (SSSR count). The van der Waals surface area contributed by atoms with E-state index in [1.165, 1.54) is 6.33 Å². The van der Waals surface area contributed by atoms with Crippen molar-refractivity contribution in [2.24, 2.45) is 5.92 Å². The van der Waals surface area contributed by atoms with Gasteiger partial charge in [0.1, 0.15) is 17.6 Å².